The molecule has 0 bridgehead atoms. The molecule has 1 amide bonds. The highest BCUT2D eigenvalue weighted by atomic mass is 16.5. The van der Waals surface area contributed by atoms with Gasteiger partial charge in [-0.15, -0.1) is 0 Å². The molecule has 0 aliphatic carbocycles. The van der Waals surface area contributed by atoms with Crippen LogP contribution in [0.3, 0.4) is 0 Å². The quantitative estimate of drug-likeness (QED) is 0.627. The first-order valence-electron chi connectivity index (χ1n) is 5.38. The minimum absolute atomic E-state index is 0.0563. The van der Waals surface area contributed by atoms with Crippen molar-refractivity contribution in [3.63, 3.8) is 0 Å². The van der Waals surface area contributed by atoms with Gasteiger partial charge in [0.2, 0.25) is 5.91 Å². The maximum Gasteiger partial charge on any atom is 0.249 e. The van der Waals surface area contributed by atoms with Gasteiger partial charge in [-0.2, -0.15) is 0 Å². The number of nitrogens with one attached hydrogen (secondary N) is 2. The van der Waals surface area contributed by atoms with E-state index in [0.29, 0.717) is 0 Å². The molecule has 82 valence electrons. The zero-order valence-corrected chi connectivity index (χ0v) is 8.84. The van der Waals surface area contributed by atoms with Crippen molar-refractivity contribution in [2.45, 2.75) is 31.8 Å². The molecule has 1 unspecified atom stereocenters. The third kappa shape index (κ3) is 4.07. The van der Waals surface area contributed by atoms with Crippen molar-refractivity contribution < 1.29 is 9.53 Å². The first-order valence-corrected chi connectivity index (χ1v) is 5.38. The van der Waals surface area contributed by atoms with Crippen molar-refractivity contribution in [1.82, 2.24) is 10.6 Å². The zero-order chi connectivity index (χ0) is 10.2. The molecule has 0 aromatic carbocycles. The van der Waals surface area contributed by atoms with Gasteiger partial charge in [0, 0.05) is 13.2 Å². The average molecular weight is 200 g/mol. The smallest absolute Gasteiger partial charge is 0.249 e. The van der Waals surface area contributed by atoms with Crippen LogP contribution in [0.15, 0.2) is 0 Å². The van der Waals surface area contributed by atoms with E-state index in [0.717, 1.165) is 45.4 Å². The molecular formula is C10H20N2O2. The largest absolute Gasteiger partial charge is 0.368 e. The second kappa shape index (κ2) is 6.79. The van der Waals surface area contributed by atoms with E-state index in [1.807, 2.05) is 7.05 Å². The number of hydrogen-bond donors (Lipinski definition) is 2. The van der Waals surface area contributed by atoms with Crippen molar-refractivity contribution in [2.24, 2.45) is 0 Å². The highest BCUT2D eigenvalue weighted by molar-refractivity contribution is 5.80. The van der Waals surface area contributed by atoms with Crippen LogP contribution in [0.2, 0.25) is 0 Å². The summed E-state index contributed by atoms with van der Waals surface area (Å²) in [6.07, 6.45) is 3.84. The monoisotopic (exact) mass is 200 g/mol. The maximum atomic E-state index is 11.5. The first-order chi connectivity index (χ1) is 6.84. The molecule has 0 radical (unpaired) electrons. The van der Waals surface area contributed by atoms with Crippen molar-refractivity contribution in [2.75, 3.05) is 26.7 Å². The highest BCUT2D eigenvalue weighted by Crippen LogP contribution is 2.12. The summed E-state index contributed by atoms with van der Waals surface area (Å²) in [4.78, 5) is 11.5. The molecule has 1 atom stereocenters. The molecule has 4 heteroatoms. The van der Waals surface area contributed by atoms with E-state index in [-0.39, 0.29) is 12.0 Å². The molecule has 1 fully saturated rings. The lowest BCUT2D eigenvalue weighted by Gasteiger charge is -2.21. The standard InChI is InChI=1S/C10H20N2O2/c1-11-6-4-7-12-10(13)9-5-2-3-8-14-9/h9,11H,2-8H2,1H3,(H,12,13). The molecular weight excluding hydrogens is 180 g/mol. The van der Waals surface area contributed by atoms with Crippen LogP contribution in [-0.4, -0.2) is 38.8 Å². The van der Waals surface area contributed by atoms with Crippen LogP contribution in [0.4, 0.5) is 0 Å². The molecule has 0 aromatic heterocycles. The van der Waals surface area contributed by atoms with E-state index in [2.05, 4.69) is 10.6 Å². The summed E-state index contributed by atoms with van der Waals surface area (Å²) in [6, 6.07) is 0. The summed E-state index contributed by atoms with van der Waals surface area (Å²) in [6.45, 7) is 2.40. The minimum Gasteiger partial charge on any atom is -0.368 e. The molecule has 0 aromatic rings. The Bertz CT molecular complexity index is 168. The minimum atomic E-state index is -0.196. The van der Waals surface area contributed by atoms with Crippen LogP contribution in [0.25, 0.3) is 0 Å². The summed E-state index contributed by atoms with van der Waals surface area (Å²) in [5, 5.41) is 5.92. The average Bonchev–Trinajstić information content (AvgIpc) is 2.25. The summed E-state index contributed by atoms with van der Waals surface area (Å²) in [7, 11) is 1.91. The molecule has 1 saturated heterocycles. The van der Waals surface area contributed by atoms with Gasteiger partial charge < -0.3 is 15.4 Å². The van der Waals surface area contributed by atoms with Crippen molar-refractivity contribution in [3.05, 3.63) is 0 Å². The van der Waals surface area contributed by atoms with Crippen molar-refractivity contribution in [1.29, 1.82) is 0 Å². The fourth-order valence-corrected chi connectivity index (χ4v) is 1.54. The van der Waals surface area contributed by atoms with Gasteiger partial charge in [-0.3, -0.25) is 4.79 Å². The molecule has 1 rings (SSSR count). The van der Waals surface area contributed by atoms with E-state index in [9.17, 15) is 4.79 Å². The van der Waals surface area contributed by atoms with Gasteiger partial charge in [0.1, 0.15) is 6.10 Å². The van der Waals surface area contributed by atoms with Crippen molar-refractivity contribution in [3.8, 4) is 0 Å². The SMILES string of the molecule is CNCCCNC(=O)C1CCCCO1. The van der Waals surface area contributed by atoms with Gasteiger partial charge in [0.15, 0.2) is 0 Å². The Morgan fingerprint density at radius 2 is 2.29 bits per heavy atom. The number of amides is 1. The van der Waals surface area contributed by atoms with Gasteiger partial charge in [-0.05, 0) is 39.3 Å². The summed E-state index contributed by atoms with van der Waals surface area (Å²) in [5.41, 5.74) is 0. The van der Waals surface area contributed by atoms with Crippen LogP contribution < -0.4 is 10.6 Å². The Hall–Kier alpha value is -0.610. The first kappa shape index (κ1) is 11.5. The summed E-state index contributed by atoms with van der Waals surface area (Å²) >= 11 is 0. The normalized spacial score (nSPS) is 21.9. The molecule has 1 heterocycles. The van der Waals surface area contributed by atoms with Gasteiger partial charge in [0.05, 0.1) is 0 Å². The Labute approximate surface area is 85.4 Å². The van der Waals surface area contributed by atoms with Gasteiger partial charge in [-0.1, -0.05) is 0 Å². The zero-order valence-electron chi connectivity index (χ0n) is 8.84. The lowest BCUT2D eigenvalue weighted by Crippen LogP contribution is -2.39. The number of carbonyl (C=O) groups excluding carboxylic acids is 1. The number of carbonyl (C=O) groups is 1. The Morgan fingerprint density at radius 1 is 1.43 bits per heavy atom. The summed E-state index contributed by atoms with van der Waals surface area (Å²) in [5.74, 6) is 0.0563. The number of ether oxygens (including phenoxy) is 1. The predicted octanol–water partition coefficient (Wildman–Crippen LogP) is 0.281. The second-order valence-corrected chi connectivity index (χ2v) is 3.60. The van der Waals surface area contributed by atoms with E-state index in [1.54, 1.807) is 0 Å². The molecule has 1 aliphatic rings. The Balaban J connectivity index is 2.07. The fourth-order valence-electron chi connectivity index (χ4n) is 1.54. The maximum absolute atomic E-state index is 11.5. The molecule has 0 saturated carbocycles. The molecule has 2 N–H and O–H groups in total. The van der Waals surface area contributed by atoms with Crippen molar-refractivity contribution >= 4 is 5.91 Å². The highest BCUT2D eigenvalue weighted by Gasteiger charge is 2.20. The molecule has 0 spiro atoms. The van der Waals surface area contributed by atoms with E-state index < -0.39 is 0 Å². The van der Waals surface area contributed by atoms with Gasteiger partial charge in [-0.25, -0.2) is 0 Å². The Morgan fingerprint density at radius 3 is 2.93 bits per heavy atom. The third-order valence-corrected chi connectivity index (χ3v) is 2.37. The van der Waals surface area contributed by atoms with Gasteiger partial charge in [0.25, 0.3) is 0 Å². The third-order valence-electron chi connectivity index (χ3n) is 2.37. The molecule has 4 nitrogen and oxygen atoms in total. The van der Waals surface area contributed by atoms with Crippen LogP contribution in [0, 0.1) is 0 Å². The van der Waals surface area contributed by atoms with E-state index in [1.165, 1.54) is 0 Å². The summed E-state index contributed by atoms with van der Waals surface area (Å²) < 4.78 is 5.37. The van der Waals surface area contributed by atoms with Gasteiger partial charge >= 0.3 is 0 Å². The number of rotatable bonds is 5. The molecule has 1 aliphatic heterocycles. The van der Waals surface area contributed by atoms with Crippen LogP contribution in [0.1, 0.15) is 25.7 Å². The lowest BCUT2D eigenvalue weighted by molar-refractivity contribution is -0.135. The topological polar surface area (TPSA) is 50.4 Å². The van der Waals surface area contributed by atoms with Crippen LogP contribution in [-0.2, 0) is 9.53 Å². The lowest BCUT2D eigenvalue weighted by atomic mass is 10.1. The number of hydrogen-bond acceptors (Lipinski definition) is 3. The second-order valence-electron chi connectivity index (χ2n) is 3.60. The Kier molecular flexibility index (Phi) is 5.56. The predicted molar refractivity (Wildman–Crippen MR) is 55.1 cm³/mol. The molecule has 14 heavy (non-hydrogen) atoms. The van der Waals surface area contributed by atoms with Crippen LogP contribution in [0.5, 0.6) is 0 Å². The van der Waals surface area contributed by atoms with E-state index >= 15 is 0 Å². The van der Waals surface area contributed by atoms with Crippen LogP contribution >= 0.6 is 0 Å². The van der Waals surface area contributed by atoms with E-state index in [4.69, 9.17) is 4.74 Å². The fraction of sp³-hybridized carbons (Fsp3) is 0.900.